The van der Waals surface area contributed by atoms with E-state index < -0.39 is 12.0 Å². The molecule has 1 saturated heterocycles. The van der Waals surface area contributed by atoms with Gasteiger partial charge >= 0.3 is 5.97 Å². The van der Waals surface area contributed by atoms with Crippen LogP contribution in [0.2, 0.25) is 0 Å². The maximum Gasteiger partial charge on any atom is 0.308 e. The van der Waals surface area contributed by atoms with Crippen LogP contribution in [0.25, 0.3) is 0 Å². The Kier molecular flexibility index (Phi) is 9.47. The Morgan fingerprint density at radius 1 is 1.10 bits per heavy atom. The zero-order valence-electron chi connectivity index (χ0n) is 17.4. The number of amides is 2. The molecule has 160 valence electrons. The first-order valence-corrected chi connectivity index (χ1v) is 10.5. The number of unbranched alkanes of at least 4 members (excludes halogenated alkanes) is 3. The molecule has 0 aromatic heterocycles. The first-order valence-electron chi connectivity index (χ1n) is 10.5. The third kappa shape index (κ3) is 6.76. The van der Waals surface area contributed by atoms with Gasteiger partial charge in [-0.25, -0.2) is 0 Å². The Hall–Kier alpha value is -2.57. The maximum atomic E-state index is 13.2. The standard InChI is InChI=1S/C22H32N2O5/c1-3-5-6-9-15-28-19-11-8-7-10-17(19)22(27)24-13-12-23-21(26)18(24)16-20(25)29-14-4-2/h7-8,10-11,18H,3-6,9,12-16H2,1-2H3,(H,23,26)/t18-/m0/s1. The fraction of sp³-hybridized carbons (Fsp3) is 0.591. The highest BCUT2D eigenvalue weighted by atomic mass is 16.5. The number of hydrogen-bond donors (Lipinski definition) is 1. The predicted molar refractivity (Wildman–Crippen MR) is 110 cm³/mol. The molecule has 1 aromatic rings. The number of para-hydroxylation sites is 1. The van der Waals surface area contributed by atoms with E-state index >= 15 is 0 Å². The van der Waals surface area contributed by atoms with E-state index in [1.54, 1.807) is 18.2 Å². The monoisotopic (exact) mass is 404 g/mol. The van der Waals surface area contributed by atoms with Crippen LogP contribution in [0.1, 0.15) is 62.7 Å². The van der Waals surface area contributed by atoms with Crippen LogP contribution < -0.4 is 10.1 Å². The van der Waals surface area contributed by atoms with E-state index in [9.17, 15) is 14.4 Å². The molecule has 1 atom stereocenters. The lowest BCUT2D eigenvalue weighted by Gasteiger charge is -2.34. The molecule has 1 aliphatic heterocycles. The Labute approximate surface area is 172 Å². The van der Waals surface area contributed by atoms with Gasteiger partial charge in [-0.15, -0.1) is 0 Å². The summed E-state index contributed by atoms with van der Waals surface area (Å²) in [6.07, 6.45) is 4.86. The van der Waals surface area contributed by atoms with Crippen LogP contribution >= 0.6 is 0 Å². The van der Waals surface area contributed by atoms with Gasteiger partial charge in [-0.2, -0.15) is 0 Å². The molecule has 0 unspecified atom stereocenters. The van der Waals surface area contributed by atoms with Gasteiger partial charge in [-0.1, -0.05) is 45.2 Å². The molecule has 1 N–H and O–H groups in total. The zero-order chi connectivity index (χ0) is 21.1. The summed E-state index contributed by atoms with van der Waals surface area (Å²) < 4.78 is 11.0. The molecule has 2 amide bonds. The van der Waals surface area contributed by atoms with E-state index in [0.717, 1.165) is 25.7 Å². The van der Waals surface area contributed by atoms with Crippen molar-refractivity contribution in [3.05, 3.63) is 29.8 Å². The van der Waals surface area contributed by atoms with Crippen molar-refractivity contribution in [3.63, 3.8) is 0 Å². The first-order chi connectivity index (χ1) is 14.1. The van der Waals surface area contributed by atoms with Crippen molar-refractivity contribution in [1.29, 1.82) is 0 Å². The highest BCUT2D eigenvalue weighted by Crippen LogP contribution is 2.23. The van der Waals surface area contributed by atoms with E-state index in [0.29, 0.717) is 44.0 Å². The molecule has 1 fully saturated rings. The number of carbonyl (C=O) groups is 3. The van der Waals surface area contributed by atoms with Crippen molar-refractivity contribution >= 4 is 17.8 Å². The van der Waals surface area contributed by atoms with Crippen molar-refractivity contribution in [2.45, 2.75) is 58.4 Å². The summed E-state index contributed by atoms with van der Waals surface area (Å²) in [6.45, 7) is 5.58. The Bertz CT molecular complexity index is 692. The number of nitrogens with one attached hydrogen (secondary N) is 1. The molecule has 2 rings (SSSR count). The topological polar surface area (TPSA) is 84.9 Å². The summed E-state index contributed by atoms with van der Waals surface area (Å²) in [5.74, 6) is -0.618. The molecule has 7 nitrogen and oxygen atoms in total. The molecule has 0 bridgehead atoms. The van der Waals surface area contributed by atoms with Gasteiger partial charge in [0.15, 0.2) is 0 Å². The molecule has 1 aliphatic rings. The number of hydrogen-bond acceptors (Lipinski definition) is 5. The Morgan fingerprint density at radius 3 is 2.66 bits per heavy atom. The smallest absolute Gasteiger partial charge is 0.308 e. The fourth-order valence-electron chi connectivity index (χ4n) is 3.23. The van der Waals surface area contributed by atoms with Gasteiger partial charge in [0.05, 0.1) is 25.2 Å². The molecule has 1 aromatic carbocycles. The summed E-state index contributed by atoms with van der Waals surface area (Å²) >= 11 is 0. The third-order valence-corrected chi connectivity index (χ3v) is 4.79. The van der Waals surface area contributed by atoms with Gasteiger partial charge in [0.25, 0.3) is 5.91 Å². The minimum absolute atomic E-state index is 0.155. The number of nitrogens with zero attached hydrogens (tertiary/aromatic N) is 1. The van der Waals surface area contributed by atoms with Crippen molar-refractivity contribution in [2.24, 2.45) is 0 Å². The normalized spacial score (nSPS) is 16.3. The van der Waals surface area contributed by atoms with E-state index in [2.05, 4.69) is 12.2 Å². The lowest BCUT2D eigenvalue weighted by atomic mass is 10.1. The lowest BCUT2D eigenvalue weighted by Crippen LogP contribution is -2.57. The Morgan fingerprint density at radius 2 is 1.90 bits per heavy atom. The van der Waals surface area contributed by atoms with Crippen LogP contribution in [0.5, 0.6) is 5.75 Å². The third-order valence-electron chi connectivity index (χ3n) is 4.79. The SMILES string of the molecule is CCCCCCOc1ccccc1C(=O)N1CCNC(=O)[C@@H]1CC(=O)OCCC. The molecular formula is C22H32N2O5. The van der Waals surface area contributed by atoms with Gasteiger partial charge in [0, 0.05) is 13.1 Å². The molecule has 7 heteroatoms. The summed E-state index contributed by atoms with van der Waals surface area (Å²) in [6, 6.07) is 6.18. The number of carbonyl (C=O) groups excluding carboxylic acids is 3. The molecule has 0 radical (unpaired) electrons. The number of ether oxygens (including phenoxy) is 2. The Balaban J connectivity index is 2.09. The molecular weight excluding hydrogens is 372 g/mol. The highest BCUT2D eigenvalue weighted by molar-refractivity contribution is 6.01. The van der Waals surface area contributed by atoms with Gasteiger partial charge in [0.1, 0.15) is 11.8 Å². The van der Waals surface area contributed by atoms with Gasteiger partial charge in [0.2, 0.25) is 5.91 Å². The second kappa shape index (κ2) is 12.1. The highest BCUT2D eigenvalue weighted by Gasteiger charge is 2.36. The van der Waals surface area contributed by atoms with E-state index in [-0.39, 0.29) is 18.2 Å². The second-order valence-electron chi connectivity index (χ2n) is 7.14. The lowest BCUT2D eigenvalue weighted by molar-refractivity contribution is -0.147. The predicted octanol–water partition coefficient (Wildman–Crippen LogP) is 2.93. The minimum atomic E-state index is -0.877. The van der Waals surface area contributed by atoms with E-state index in [1.165, 1.54) is 4.90 Å². The number of esters is 1. The summed E-state index contributed by atoms with van der Waals surface area (Å²) in [5.41, 5.74) is 0.407. The van der Waals surface area contributed by atoms with Gasteiger partial charge in [-0.05, 0) is 25.0 Å². The molecule has 0 spiro atoms. The van der Waals surface area contributed by atoms with Crippen molar-refractivity contribution in [2.75, 3.05) is 26.3 Å². The van der Waals surface area contributed by atoms with Crippen LogP contribution in [0, 0.1) is 0 Å². The van der Waals surface area contributed by atoms with Crippen LogP contribution in [0.15, 0.2) is 24.3 Å². The summed E-state index contributed by atoms with van der Waals surface area (Å²) in [4.78, 5) is 39.1. The van der Waals surface area contributed by atoms with Crippen LogP contribution in [0.4, 0.5) is 0 Å². The van der Waals surface area contributed by atoms with Crippen LogP contribution in [-0.4, -0.2) is 55.0 Å². The average molecular weight is 405 g/mol. The number of piperazine rings is 1. The summed E-state index contributed by atoms with van der Waals surface area (Å²) in [7, 11) is 0. The van der Waals surface area contributed by atoms with Gasteiger partial charge < -0.3 is 19.7 Å². The number of rotatable bonds is 11. The minimum Gasteiger partial charge on any atom is -0.493 e. The van der Waals surface area contributed by atoms with E-state index in [4.69, 9.17) is 9.47 Å². The first kappa shape index (κ1) is 22.7. The largest absolute Gasteiger partial charge is 0.493 e. The molecule has 0 saturated carbocycles. The van der Waals surface area contributed by atoms with Crippen LogP contribution in [0.3, 0.4) is 0 Å². The van der Waals surface area contributed by atoms with Crippen molar-refractivity contribution in [3.8, 4) is 5.75 Å². The molecule has 0 aliphatic carbocycles. The fourth-order valence-corrected chi connectivity index (χ4v) is 3.23. The zero-order valence-corrected chi connectivity index (χ0v) is 17.4. The van der Waals surface area contributed by atoms with E-state index in [1.807, 2.05) is 13.0 Å². The van der Waals surface area contributed by atoms with Crippen LogP contribution in [-0.2, 0) is 14.3 Å². The van der Waals surface area contributed by atoms with Crippen molar-refractivity contribution in [1.82, 2.24) is 10.2 Å². The maximum absolute atomic E-state index is 13.2. The quantitative estimate of drug-likeness (QED) is 0.453. The number of benzene rings is 1. The molecule has 29 heavy (non-hydrogen) atoms. The second-order valence-corrected chi connectivity index (χ2v) is 7.14. The van der Waals surface area contributed by atoms with Gasteiger partial charge in [-0.3, -0.25) is 14.4 Å². The molecule has 1 heterocycles. The average Bonchev–Trinajstić information content (AvgIpc) is 2.73. The summed E-state index contributed by atoms with van der Waals surface area (Å²) in [5, 5.41) is 2.73. The van der Waals surface area contributed by atoms with Crippen molar-refractivity contribution < 1.29 is 23.9 Å².